The normalized spacial score (nSPS) is 14.2. The van der Waals surface area contributed by atoms with Crippen LogP contribution in [0.4, 0.5) is 18.9 Å². The third-order valence-electron chi connectivity index (χ3n) is 3.55. The van der Waals surface area contributed by atoms with Crippen LogP contribution >= 0.6 is 0 Å². The monoisotopic (exact) mass is 321 g/mol. The molecule has 118 valence electrons. The number of halogens is 3. The molecule has 1 aliphatic heterocycles. The SMILES string of the molecule is COc1cccc(C2=[N+]([O-])c3ccc(C(F)(F)F)cc3C2=O)c1. The van der Waals surface area contributed by atoms with Crippen LogP contribution in [0, 0.1) is 5.21 Å². The lowest BCUT2D eigenvalue weighted by atomic mass is 10.0. The lowest BCUT2D eigenvalue weighted by Crippen LogP contribution is -2.16. The zero-order chi connectivity index (χ0) is 16.8. The minimum atomic E-state index is -4.58. The van der Waals surface area contributed by atoms with Gasteiger partial charge in [-0.2, -0.15) is 17.9 Å². The predicted molar refractivity (Wildman–Crippen MR) is 76.2 cm³/mol. The maximum atomic E-state index is 12.8. The molecule has 0 radical (unpaired) electrons. The van der Waals surface area contributed by atoms with Crippen LogP contribution in [0.5, 0.6) is 5.75 Å². The van der Waals surface area contributed by atoms with E-state index >= 15 is 0 Å². The van der Waals surface area contributed by atoms with Crippen molar-refractivity contribution in [1.29, 1.82) is 0 Å². The van der Waals surface area contributed by atoms with Crippen LogP contribution in [0.2, 0.25) is 0 Å². The van der Waals surface area contributed by atoms with Crippen molar-refractivity contribution in [3.05, 3.63) is 64.4 Å². The molecule has 23 heavy (non-hydrogen) atoms. The smallest absolute Gasteiger partial charge is 0.416 e. The zero-order valence-corrected chi connectivity index (χ0v) is 11.8. The number of Topliss-reactive ketones (excluding diaryl/α,β-unsaturated/α-hetero) is 1. The summed E-state index contributed by atoms with van der Waals surface area (Å²) in [5, 5.41) is 12.3. The molecule has 4 nitrogen and oxygen atoms in total. The lowest BCUT2D eigenvalue weighted by molar-refractivity contribution is -0.355. The predicted octanol–water partition coefficient (Wildman–Crippen LogP) is 3.54. The van der Waals surface area contributed by atoms with Crippen molar-refractivity contribution >= 4 is 17.2 Å². The van der Waals surface area contributed by atoms with Crippen molar-refractivity contribution in [2.24, 2.45) is 0 Å². The number of rotatable bonds is 2. The van der Waals surface area contributed by atoms with Crippen LogP contribution < -0.4 is 4.74 Å². The number of hydrogen-bond acceptors (Lipinski definition) is 3. The Morgan fingerprint density at radius 3 is 2.52 bits per heavy atom. The maximum Gasteiger partial charge on any atom is 0.416 e. The van der Waals surface area contributed by atoms with Crippen molar-refractivity contribution < 1.29 is 27.4 Å². The zero-order valence-electron chi connectivity index (χ0n) is 11.8. The number of benzene rings is 2. The number of nitrogens with zero attached hydrogens (tertiary/aromatic N) is 1. The van der Waals surface area contributed by atoms with E-state index in [9.17, 15) is 23.2 Å². The molecule has 3 rings (SSSR count). The molecule has 0 fully saturated rings. The van der Waals surface area contributed by atoms with Gasteiger partial charge in [-0.15, -0.1) is 0 Å². The van der Waals surface area contributed by atoms with E-state index in [1.165, 1.54) is 19.2 Å². The number of methoxy groups -OCH3 is 1. The van der Waals surface area contributed by atoms with E-state index in [1.807, 2.05) is 0 Å². The fraction of sp³-hybridized carbons (Fsp3) is 0.125. The van der Waals surface area contributed by atoms with Crippen LogP contribution in [0.25, 0.3) is 0 Å². The fourth-order valence-corrected chi connectivity index (χ4v) is 2.43. The first kappa shape index (κ1) is 15.1. The minimum absolute atomic E-state index is 0.0965. The number of fused-ring (bicyclic) bond motifs is 1. The second-order valence-corrected chi connectivity index (χ2v) is 4.93. The molecule has 0 bridgehead atoms. The van der Waals surface area contributed by atoms with Gasteiger partial charge in [-0.25, -0.2) is 0 Å². The van der Waals surface area contributed by atoms with Gasteiger partial charge >= 0.3 is 6.18 Å². The van der Waals surface area contributed by atoms with Gasteiger partial charge in [-0.05, 0) is 30.3 Å². The molecule has 1 heterocycles. The second kappa shape index (κ2) is 5.12. The molecule has 0 amide bonds. The Morgan fingerprint density at radius 2 is 1.87 bits per heavy atom. The highest BCUT2D eigenvalue weighted by molar-refractivity contribution is 6.52. The Morgan fingerprint density at radius 1 is 1.13 bits per heavy atom. The number of hydrogen-bond donors (Lipinski definition) is 0. The first-order valence-electron chi connectivity index (χ1n) is 6.57. The first-order chi connectivity index (χ1) is 10.8. The van der Waals surface area contributed by atoms with Crippen molar-refractivity contribution in [3.63, 3.8) is 0 Å². The third kappa shape index (κ3) is 2.44. The Bertz CT molecular complexity index is 841. The summed E-state index contributed by atoms with van der Waals surface area (Å²) in [4.78, 5) is 12.4. The highest BCUT2D eigenvalue weighted by Gasteiger charge is 2.40. The molecule has 7 heteroatoms. The summed E-state index contributed by atoms with van der Waals surface area (Å²) < 4.78 is 43.7. The number of ketones is 1. The molecular weight excluding hydrogens is 311 g/mol. The minimum Gasteiger partial charge on any atom is -0.618 e. The van der Waals surface area contributed by atoms with E-state index in [2.05, 4.69) is 0 Å². The molecule has 0 saturated carbocycles. The van der Waals surface area contributed by atoms with Crippen LogP contribution in [0.3, 0.4) is 0 Å². The van der Waals surface area contributed by atoms with Gasteiger partial charge in [-0.1, -0.05) is 6.07 Å². The van der Waals surface area contributed by atoms with Gasteiger partial charge in [0.1, 0.15) is 11.3 Å². The topological polar surface area (TPSA) is 52.4 Å². The third-order valence-corrected chi connectivity index (χ3v) is 3.55. The molecule has 0 unspecified atom stereocenters. The molecule has 0 atom stereocenters. The summed E-state index contributed by atoms with van der Waals surface area (Å²) in [6.45, 7) is 0. The number of carbonyl (C=O) groups excluding carboxylic acids is 1. The van der Waals surface area contributed by atoms with Gasteiger partial charge in [0.05, 0.1) is 18.2 Å². The molecule has 0 N–H and O–H groups in total. The van der Waals surface area contributed by atoms with Gasteiger partial charge in [0.15, 0.2) is 0 Å². The molecular formula is C16H10F3NO3. The number of carbonyl (C=O) groups is 1. The van der Waals surface area contributed by atoms with Crippen molar-refractivity contribution in [2.75, 3.05) is 7.11 Å². The van der Waals surface area contributed by atoms with Crippen molar-refractivity contribution in [2.45, 2.75) is 6.18 Å². The summed E-state index contributed by atoms with van der Waals surface area (Å²) in [5.74, 6) is -0.308. The Hall–Kier alpha value is -2.83. The van der Waals surface area contributed by atoms with Crippen LogP contribution in [-0.4, -0.2) is 23.3 Å². The summed E-state index contributed by atoms with van der Waals surface area (Å²) in [6, 6.07) is 8.73. The van der Waals surface area contributed by atoms with Crippen molar-refractivity contribution in [1.82, 2.24) is 0 Å². The Kier molecular flexibility index (Phi) is 3.35. The summed E-state index contributed by atoms with van der Waals surface area (Å²) in [5.41, 5.74) is -1.26. The maximum absolute atomic E-state index is 12.8. The van der Waals surface area contributed by atoms with E-state index < -0.39 is 17.5 Å². The molecule has 1 aliphatic rings. The summed E-state index contributed by atoms with van der Waals surface area (Å²) >= 11 is 0. The highest BCUT2D eigenvalue weighted by atomic mass is 19.4. The molecule has 0 spiro atoms. The van der Waals surface area contributed by atoms with Gasteiger partial charge in [-0.3, -0.25) is 4.79 Å². The lowest BCUT2D eigenvalue weighted by Gasteiger charge is -2.07. The van der Waals surface area contributed by atoms with Crippen LogP contribution in [-0.2, 0) is 6.18 Å². The van der Waals surface area contributed by atoms with E-state index in [-0.39, 0.29) is 22.5 Å². The van der Waals surface area contributed by atoms with E-state index in [1.54, 1.807) is 12.1 Å². The Labute approximate surface area is 129 Å². The number of alkyl halides is 3. The molecule has 0 saturated heterocycles. The number of ether oxygens (including phenoxy) is 1. The molecule has 0 aromatic heterocycles. The standard InChI is InChI=1S/C16H10F3NO3/c1-23-11-4-2-3-9(7-11)14-15(21)12-8-10(16(17,18)19)5-6-13(12)20(14)22/h2-8H,1H3. The largest absolute Gasteiger partial charge is 0.618 e. The summed E-state index contributed by atoms with van der Waals surface area (Å²) in [6.07, 6.45) is -4.58. The Balaban J connectivity index is 2.11. The van der Waals surface area contributed by atoms with E-state index in [0.29, 0.717) is 16.6 Å². The quantitative estimate of drug-likeness (QED) is 0.628. The highest BCUT2D eigenvalue weighted by Crippen LogP contribution is 2.35. The van der Waals surface area contributed by atoms with Crippen LogP contribution in [0.15, 0.2) is 42.5 Å². The molecule has 2 aromatic rings. The van der Waals surface area contributed by atoms with E-state index in [0.717, 1.165) is 12.1 Å². The van der Waals surface area contributed by atoms with Gasteiger partial charge in [0.25, 0.3) is 11.5 Å². The summed E-state index contributed by atoms with van der Waals surface area (Å²) in [7, 11) is 1.43. The second-order valence-electron chi connectivity index (χ2n) is 4.93. The van der Waals surface area contributed by atoms with Crippen molar-refractivity contribution in [3.8, 4) is 5.75 Å². The fourth-order valence-electron chi connectivity index (χ4n) is 2.43. The first-order valence-corrected chi connectivity index (χ1v) is 6.57. The van der Waals surface area contributed by atoms with E-state index in [4.69, 9.17) is 4.74 Å². The van der Waals surface area contributed by atoms with Crippen LogP contribution in [0.1, 0.15) is 21.5 Å². The average molecular weight is 321 g/mol. The van der Waals surface area contributed by atoms with Gasteiger partial charge in [0, 0.05) is 6.07 Å². The van der Waals surface area contributed by atoms with Gasteiger partial charge in [0.2, 0.25) is 5.69 Å². The van der Waals surface area contributed by atoms with Gasteiger partial charge < -0.3 is 9.94 Å². The average Bonchev–Trinajstić information content (AvgIpc) is 2.77. The molecule has 0 aliphatic carbocycles. The molecule has 2 aromatic carbocycles.